The Morgan fingerprint density at radius 2 is 2.07 bits per heavy atom. The zero-order valence-electron chi connectivity index (χ0n) is 10.0. The number of halogens is 1. The maximum absolute atomic E-state index is 3.62. The highest BCUT2D eigenvalue weighted by Gasteiger charge is 2.21. The summed E-state index contributed by atoms with van der Waals surface area (Å²) in [4.78, 5) is 0. The fraction of sp³-hybridized carbons (Fsp3) is 0.667. The predicted octanol–water partition coefficient (Wildman–Crippen LogP) is 4.08. The minimum atomic E-state index is 0. The first kappa shape index (κ1) is 14.9. The van der Waals surface area contributed by atoms with Gasteiger partial charge in [0.2, 0.25) is 0 Å². The van der Waals surface area contributed by atoms with Gasteiger partial charge in [0.1, 0.15) is 0 Å². The maximum atomic E-state index is 3.62. The van der Waals surface area contributed by atoms with Crippen LogP contribution in [0.2, 0.25) is 0 Å². The van der Waals surface area contributed by atoms with E-state index in [-0.39, 0.29) is 12.4 Å². The third-order valence-corrected chi connectivity index (χ3v) is 3.32. The van der Waals surface area contributed by atoms with Gasteiger partial charge in [0.05, 0.1) is 0 Å². The molecule has 0 aliphatic carbocycles. The van der Waals surface area contributed by atoms with Crippen LogP contribution in [-0.2, 0) is 6.54 Å². The van der Waals surface area contributed by atoms with Gasteiger partial charge in [-0.15, -0.1) is 12.4 Å². The van der Waals surface area contributed by atoms with Gasteiger partial charge in [0.15, 0.2) is 0 Å². The Labute approximate surface area is 104 Å². The van der Waals surface area contributed by atoms with Gasteiger partial charge in [-0.1, -0.05) is 27.7 Å². The molecule has 1 N–H and O–H groups in total. The van der Waals surface area contributed by atoms with Crippen LogP contribution in [-0.4, -0.2) is 6.04 Å². The van der Waals surface area contributed by atoms with E-state index in [0.717, 1.165) is 6.54 Å². The summed E-state index contributed by atoms with van der Waals surface area (Å²) in [6, 6.07) is 2.79. The lowest BCUT2D eigenvalue weighted by atomic mass is 9.85. The van der Waals surface area contributed by atoms with Crippen molar-refractivity contribution in [2.75, 3.05) is 0 Å². The molecule has 15 heavy (non-hydrogen) atoms. The highest BCUT2D eigenvalue weighted by atomic mass is 35.5. The average molecular weight is 248 g/mol. The normalized spacial score (nSPS) is 13.3. The van der Waals surface area contributed by atoms with E-state index >= 15 is 0 Å². The molecule has 1 unspecified atom stereocenters. The monoisotopic (exact) mass is 247 g/mol. The van der Waals surface area contributed by atoms with Crippen molar-refractivity contribution in [3.8, 4) is 0 Å². The quantitative estimate of drug-likeness (QED) is 0.845. The fourth-order valence-electron chi connectivity index (χ4n) is 1.70. The van der Waals surface area contributed by atoms with Gasteiger partial charge in [-0.25, -0.2) is 0 Å². The molecule has 0 saturated heterocycles. The topological polar surface area (TPSA) is 12.0 Å². The molecule has 88 valence electrons. The molecule has 0 aliphatic heterocycles. The first-order chi connectivity index (χ1) is 6.54. The summed E-state index contributed by atoms with van der Waals surface area (Å²) in [6.45, 7) is 10.1. The Morgan fingerprint density at radius 3 is 2.47 bits per heavy atom. The van der Waals surface area contributed by atoms with E-state index < -0.39 is 0 Å². The van der Waals surface area contributed by atoms with E-state index in [9.17, 15) is 0 Å². The van der Waals surface area contributed by atoms with Crippen molar-refractivity contribution in [2.24, 2.45) is 5.41 Å². The van der Waals surface area contributed by atoms with Gasteiger partial charge < -0.3 is 5.32 Å². The third kappa shape index (κ3) is 5.01. The molecule has 0 aliphatic rings. The number of rotatable bonds is 4. The van der Waals surface area contributed by atoms with E-state index in [4.69, 9.17) is 0 Å². The van der Waals surface area contributed by atoms with Gasteiger partial charge >= 0.3 is 0 Å². The van der Waals surface area contributed by atoms with Crippen molar-refractivity contribution < 1.29 is 0 Å². The summed E-state index contributed by atoms with van der Waals surface area (Å²) in [5, 5.41) is 7.96. The first-order valence-corrected chi connectivity index (χ1v) is 6.22. The van der Waals surface area contributed by atoms with Crippen LogP contribution >= 0.6 is 23.7 Å². The zero-order valence-corrected chi connectivity index (χ0v) is 11.7. The third-order valence-electron chi connectivity index (χ3n) is 2.59. The molecular formula is C12H22ClNS. The van der Waals surface area contributed by atoms with Crippen molar-refractivity contribution in [3.63, 3.8) is 0 Å². The molecule has 1 atom stereocenters. The summed E-state index contributed by atoms with van der Waals surface area (Å²) in [7, 11) is 0. The number of nitrogens with one attached hydrogen (secondary N) is 1. The molecule has 0 fully saturated rings. The van der Waals surface area contributed by atoms with Crippen LogP contribution in [0, 0.1) is 5.41 Å². The lowest BCUT2D eigenvalue weighted by molar-refractivity contribution is 0.260. The number of hydrogen-bond donors (Lipinski definition) is 1. The van der Waals surface area contributed by atoms with Gasteiger partial charge in [-0.2, -0.15) is 11.3 Å². The van der Waals surface area contributed by atoms with Gasteiger partial charge in [0.25, 0.3) is 0 Å². The smallest absolute Gasteiger partial charge is 0.0216 e. The van der Waals surface area contributed by atoms with Crippen molar-refractivity contribution in [3.05, 3.63) is 22.4 Å². The Kier molecular flexibility index (Phi) is 6.49. The molecule has 3 heteroatoms. The summed E-state index contributed by atoms with van der Waals surface area (Å²) >= 11 is 1.77. The molecule has 0 radical (unpaired) electrons. The minimum Gasteiger partial charge on any atom is -0.309 e. The van der Waals surface area contributed by atoms with E-state index in [1.54, 1.807) is 11.3 Å². The van der Waals surface area contributed by atoms with Gasteiger partial charge in [-0.3, -0.25) is 0 Å². The van der Waals surface area contributed by atoms with Crippen molar-refractivity contribution in [1.82, 2.24) is 5.32 Å². The highest BCUT2D eigenvalue weighted by Crippen LogP contribution is 2.22. The van der Waals surface area contributed by atoms with Crippen LogP contribution < -0.4 is 5.32 Å². The molecule has 0 bridgehead atoms. The molecule has 1 rings (SSSR count). The van der Waals surface area contributed by atoms with Crippen LogP contribution in [0.1, 0.15) is 39.7 Å². The molecule has 1 heterocycles. The molecule has 1 aromatic heterocycles. The lowest BCUT2D eigenvalue weighted by Gasteiger charge is -2.30. The van der Waals surface area contributed by atoms with Crippen LogP contribution in [0.15, 0.2) is 16.8 Å². The number of hydrogen-bond acceptors (Lipinski definition) is 2. The molecular weight excluding hydrogens is 226 g/mol. The van der Waals surface area contributed by atoms with E-state index in [0.29, 0.717) is 11.5 Å². The summed E-state index contributed by atoms with van der Waals surface area (Å²) in [6.07, 6.45) is 1.19. The summed E-state index contributed by atoms with van der Waals surface area (Å²) in [5.74, 6) is 0. The van der Waals surface area contributed by atoms with E-state index in [2.05, 4.69) is 49.8 Å². The van der Waals surface area contributed by atoms with Crippen LogP contribution in [0.3, 0.4) is 0 Å². The Bertz CT molecular complexity index is 251. The average Bonchev–Trinajstić information content (AvgIpc) is 2.55. The Morgan fingerprint density at radius 1 is 1.40 bits per heavy atom. The second kappa shape index (κ2) is 6.51. The molecule has 1 nitrogen and oxygen atoms in total. The second-order valence-corrected chi connectivity index (χ2v) is 5.62. The van der Waals surface area contributed by atoms with Crippen molar-refractivity contribution in [1.29, 1.82) is 0 Å². The minimum absolute atomic E-state index is 0. The fourth-order valence-corrected chi connectivity index (χ4v) is 2.37. The predicted molar refractivity (Wildman–Crippen MR) is 71.9 cm³/mol. The van der Waals surface area contributed by atoms with Crippen LogP contribution in [0.25, 0.3) is 0 Å². The molecule has 1 aromatic rings. The SMILES string of the molecule is CCC(NCc1ccsc1)C(C)(C)C.Cl. The molecule has 0 aromatic carbocycles. The summed E-state index contributed by atoms with van der Waals surface area (Å²) < 4.78 is 0. The van der Waals surface area contributed by atoms with Crippen LogP contribution in [0.5, 0.6) is 0 Å². The standard InChI is InChI=1S/C12H21NS.ClH/c1-5-11(12(2,3)4)13-8-10-6-7-14-9-10;/h6-7,9,11,13H,5,8H2,1-4H3;1H. The Hall–Kier alpha value is -0.0500. The molecule has 0 saturated carbocycles. The molecule has 0 amide bonds. The largest absolute Gasteiger partial charge is 0.309 e. The molecule has 0 spiro atoms. The van der Waals surface area contributed by atoms with E-state index in [1.807, 2.05) is 0 Å². The van der Waals surface area contributed by atoms with Crippen LogP contribution in [0.4, 0.5) is 0 Å². The van der Waals surface area contributed by atoms with Gasteiger partial charge in [0, 0.05) is 12.6 Å². The Balaban J connectivity index is 0.00000196. The summed E-state index contributed by atoms with van der Waals surface area (Å²) in [5.41, 5.74) is 1.75. The second-order valence-electron chi connectivity index (χ2n) is 4.84. The zero-order chi connectivity index (χ0) is 10.6. The first-order valence-electron chi connectivity index (χ1n) is 5.28. The van der Waals surface area contributed by atoms with Crippen molar-refractivity contribution >= 4 is 23.7 Å². The maximum Gasteiger partial charge on any atom is 0.0216 e. The lowest BCUT2D eigenvalue weighted by Crippen LogP contribution is -2.39. The van der Waals surface area contributed by atoms with E-state index in [1.165, 1.54) is 12.0 Å². The number of thiophene rings is 1. The van der Waals surface area contributed by atoms with Crippen molar-refractivity contribution in [2.45, 2.75) is 46.7 Å². The van der Waals surface area contributed by atoms with Gasteiger partial charge in [-0.05, 0) is 34.2 Å². The highest BCUT2D eigenvalue weighted by molar-refractivity contribution is 7.07.